The predicted octanol–water partition coefficient (Wildman–Crippen LogP) is 9.62. The summed E-state index contributed by atoms with van der Waals surface area (Å²) in [6.07, 6.45) is 6.50. The largest absolute Gasteiger partial charge is 0.489 e. The summed E-state index contributed by atoms with van der Waals surface area (Å²) < 4.78 is 20.3. The maximum absolute atomic E-state index is 6.19. The minimum absolute atomic E-state index is 0.316. The van der Waals surface area contributed by atoms with Gasteiger partial charge in [-0.1, -0.05) is 55.7 Å². The SMILES string of the molecule is Ic1cc(COc2ccc([SH]3c4ccccc4-c4ccccc43)cc2)cc(I)c1OCOC1CCCCC1. The second-order valence-corrected chi connectivity index (χ2v) is 14.2. The highest BCUT2D eigenvalue weighted by atomic mass is 127. The number of hydrogen-bond acceptors (Lipinski definition) is 3. The normalized spacial score (nSPS) is 15.7. The molecule has 0 N–H and O–H groups in total. The number of fused-ring (bicyclic) bond motifs is 3. The minimum Gasteiger partial charge on any atom is -0.489 e. The van der Waals surface area contributed by atoms with Crippen LogP contribution in [0.4, 0.5) is 0 Å². The van der Waals surface area contributed by atoms with Crippen molar-refractivity contribution in [3.63, 3.8) is 0 Å². The van der Waals surface area contributed by atoms with E-state index >= 15 is 0 Å². The fraction of sp³-hybridized carbons (Fsp3) is 0.250. The van der Waals surface area contributed by atoms with E-state index in [-0.39, 0.29) is 0 Å². The van der Waals surface area contributed by atoms with Gasteiger partial charge in [0.05, 0.1) is 13.2 Å². The third-order valence-electron chi connectivity index (χ3n) is 7.20. The van der Waals surface area contributed by atoms with Crippen molar-refractivity contribution in [3.8, 4) is 22.6 Å². The van der Waals surface area contributed by atoms with Gasteiger partial charge in [-0.05, 0) is 128 Å². The number of thiol groups is 1. The van der Waals surface area contributed by atoms with Gasteiger partial charge in [0.15, 0.2) is 6.79 Å². The summed E-state index contributed by atoms with van der Waals surface area (Å²) in [6, 6.07) is 30.6. The second kappa shape index (κ2) is 12.2. The van der Waals surface area contributed by atoms with Crippen LogP contribution in [0.15, 0.2) is 99.6 Å². The fourth-order valence-corrected chi connectivity index (χ4v) is 10.1. The van der Waals surface area contributed by atoms with E-state index in [1.54, 1.807) is 0 Å². The quantitative estimate of drug-likeness (QED) is 0.0974. The van der Waals surface area contributed by atoms with E-state index < -0.39 is 10.9 Å². The van der Waals surface area contributed by atoms with Crippen LogP contribution in [0.5, 0.6) is 11.5 Å². The van der Waals surface area contributed by atoms with Crippen LogP contribution in [-0.2, 0) is 11.3 Å². The van der Waals surface area contributed by atoms with Crippen LogP contribution < -0.4 is 9.47 Å². The van der Waals surface area contributed by atoms with Crippen molar-refractivity contribution in [2.24, 2.45) is 0 Å². The lowest BCUT2D eigenvalue weighted by Crippen LogP contribution is -2.19. The molecule has 0 atom stereocenters. The van der Waals surface area contributed by atoms with Gasteiger partial charge < -0.3 is 14.2 Å². The molecule has 1 aliphatic carbocycles. The van der Waals surface area contributed by atoms with Crippen LogP contribution in [0, 0.1) is 7.14 Å². The molecule has 1 saturated carbocycles. The molecule has 0 radical (unpaired) electrons. The molecule has 6 rings (SSSR count). The van der Waals surface area contributed by atoms with Gasteiger partial charge in [0.25, 0.3) is 0 Å². The molecule has 0 spiro atoms. The summed E-state index contributed by atoms with van der Waals surface area (Å²) in [4.78, 5) is 4.23. The molecular formula is C32H30I2O3S. The molecule has 1 heterocycles. The summed E-state index contributed by atoms with van der Waals surface area (Å²) >= 11 is 4.70. The lowest BCUT2D eigenvalue weighted by atomic mass is 9.98. The van der Waals surface area contributed by atoms with E-state index in [4.69, 9.17) is 14.2 Å². The highest BCUT2D eigenvalue weighted by Gasteiger charge is 2.26. The Morgan fingerprint density at radius 3 is 1.95 bits per heavy atom. The van der Waals surface area contributed by atoms with Crippen LogP contribution >= 0.6 is 56.1 Å². The van der Waals surface area contributed by atoms with Gasteiger partial charge in [0.2, 0.25) is 0 Å². The number of halogens is 2. The van der Waals surface area contributed by atoms with Crippen molar-refractivity contribution in [1.82, 2.24) is 0 Å². The maximum atomic E-state index is 6.19. The average Bonchev–Trinajstić information content (AvgIpc) is 3.29. The van der Waals surface area contributed by atoms with Gasteiger partial charge in [-0.15, -0.1) is 0 Å². The van der Waals surface area contributed by atoms with E-state index in [0.717, 1.165) is 37.0 Å². The summed E-state index contributed by atoms with van der Waals surface area (Å²) in [6.45, 7) is 0.834. The summed E-state index contributed by atoms with van der Waals surface area (Å²) in [7, 11) is -0.541. The first kappa shape index (κ1) is 26.5. The molecule has 6 heteroatoms. The Morgan fingerprint density at radius 2 is 1.32 bits per heavy atom. The third kappa shape index (κ3) is 5.74. The molecule has 0 saturated heterocycles. The fourth-order valence-electron chi connectivity index (χ4n) is 5.31. The zero-order valence-electron chi connectivity index (χ0n) is 21.0. The molecule has 196 valence electrons. The van der Waals surface area contributed by atoms with Crippen molar-refractivity contribution < 1.29 is 14.2 Å². The Balaban J connectivity index is 1.10. The van der Waals surface area contributed by atoms with E-state index in [0.29, 0.717) is 19.5 Å². The molecule has 0 aromatic heterocycles. The molecule has 3 nitrogen and oxygen atoms in total. The zero-order chi connectivity index (χ0) is 25.9. The smallest absolute Gasteiger partial charge is 0.189 e. The standard InChI is InChI=1S/C32H30I2O3S/c33-28-18-22(19-29(34)32(28)37-21-36-23-8-2-1-3-9-23)20-35-24-14-16-25(17-15-24)38-30-12-6-4-10-26(30)27-11-5-7-13-31(27)38/h4-7,10-19,23,38H,1-3,8-9,20-21H2. The lowest BCUT2D eigenvalue weighted by Gasteiger charge is -2.22. The van der Waals surface area contributed by atoms with Crippen molar-refractivity contribution in [3.05, 3.63) is 97.6 Å². The van der Waals surface area contributed by atoms with Crippen molar-refractivity contribution >= 4 is 56.1 Å². The molecule has 0 bridgehead atoms. The molecule has 1 fully saturated rings. The van der Waals surface area contributed by atoms with Crippen molar-refractivity contribution in [2.75, 3.05) is 6.79 Å². The average molecular weight is 748 g/mol. The first-order valence-electron chi connectivity index (χ1n) is 13.1. The predicted molar refractivity (Wildman–Crippen MR) is 172 cm³/mol. The number of hydrogen-bond donors (Lipinski definition) is 1. The van der Waals surface area contributed by atoms with Crippen molar-refractivity contribution in [1.29, 1.82) is 0 Å². The van der Waals surface area contributed by atoms with Crippen LogP contribution in [-0.4, -0.2) is 12.9 Å². The Bertz CT molecular complexity index is 1350. The second-order valence-electron chi connectivity index (χ2n) is 9.73. The first-order valence-corrected chi connectivity index (χ1v) is 16.6. The number of benzene rings is 4. The molecule has 4 aromatic rings. The Hall–Kier alpha value is -1.75. The topological polar surface area (TPSA) is 27.7 Å². The van der Waals surface area contributed by atoms with Crippen LogP contribution in [0.3, 0.4) is 0 Å². The van der Waals surface area contributed by atoms with Gasteiger partial charge >= 0.3 is 0 Å². The van der Waals surface area contributed by atoms with Gasteiger partial charge in [-0.25, -0.2) is 0 Å². The molecule has 2 aliphatic rings. The molecular weight excluding hydrogens is 718 g/mol. The van der Waals surface area contributed by atoms with Crippen LogP contribution in [0.1, 0.15) is 37.7 Å². The molecule has 4 aromatic carbocycles. The van der Waals surface area contributed by atoms with E-state index in [2.05, 4.69) is 130 Å². The van der Waals surface area contributed by atoms with E-state index in [1.807, 2.05) is 0 Å². The molecule has 0 unspecified atom stereocenters. The minimum atomic E-state index is -0.541. The Morgan fingerprint density at radius 1 is 0.711 bits per heavy atom. The van der Waals surface area contributed by atoms with Gasteiger partial charge in [0, 0.05) is 9.79 Å². The number of rotatable bonds is 8. The highest BCUT2D eigenvalue weighted by Crippen LogP contribution is 2.62. The number of ether oxygens (including phenoxy) is 3. The van der Waals surface area contributed by atoms with Crippen LogP contribution in [0.2, 0.25) is 0 Å². The van der Waals surface area contributed by atoms with E-state index in [1.165, 1.54) is 45.1 Å². The van der Waals surface area contributed by atoms with E-state index in [9.17, 15) is 0 Å². The summed E-state index contributed by atoms with van der Waals surface area (Å²) in [5, 5.41) is 0. The third-order valence-corrected chi connectivity index (χ3v) is 11.4. The maximum Gasteiger partial charge on any atom is 0.189 e. The summed E-state index contributed by atoms with van der Waals surface area (Å²) in [5.41, 5.74) is 3.87. The van der Waals surface area contributed by atoms with Crippen molar-refractivity contribution in [2.45, 2.75) is 59.5 Å². The molecule has 0 amide bonds. The molecule has 38 heavy (non-hydrogen) atoms. The zero-order valence-corrected chi connectivity index (χ0v) is 26.2. The van der Waals surface area contributed by atoms with Gasteiger partial charge in [-0.2, -0.15) is 10.9 Å². The Labute approximate surface area is 254 Å². The highest BCUT2D eigenvalue weighted by molar-refractivity contribution is 14.1. The first-order chi connectivity index (χ1) is 18.7. The Kier molecular flexibility index (Phi) is 8.49. The molecule has 1 aliphatic heterocycles. The van der Waals surface area contributed by atoms with Gasteiger partial charge in [-0.3, -0.25) is 0 Å². The van der Waals surface area contributed by atoms with Crippen LogP contribution in [0.25, 0.3) is 11.1 Å². The summed E-state index contributed by atoms with van der Waals surface area (Å²) in [5.74, 6) is 1.78. The van der Waals surface area contributed by atoms with Gasteiger partial charge in [0.1, 0.15) is 18.1 Å². The monoisotopic (exact) mass is 748 g/mol. The lowest BCUT2D eigenvalue weighted by molar-refractivity contribution is -0.0503.